The lowest BCUT2D eigenvalue weighted by Crippen LogP contribution is -2.33. The zero-order valence-corrected chi connectivity index (χ0v) is 12.8. The molecular formula is C13H20N2O4S. The molecule has 0 fully saturated rings. The second kappa shape index (κ2) is 7.23. The summed E-state index contributed by atoms with van der Waals surface area (Å²) in [6.07, 6.45) is 3.40. The maximum absolute atomic E-state index is 11.8. The van der Waals surface area contributed by atoms with Gasteiger partial charge in [-0.25, -0.2) is 13.4 Å². The number of hydrogen-bond donors (Lipinski definition) is 0. The zero-order valence-electron chi connectivity index (χ0n) is 12.0. The van der Waals surface area contributed by atoms with Crippen molar-refractivity contribution < 1.29 is 17.9 Å². The highest BCUT2D eigenvalue weighted by molar-refractivity contribution is 7.90. The van der Waals surface area contributed by atoms with E-state index >= 15 is 0 Å². The molecular weight excluding hydrogens is 280 g/mol. The summed E-state index contributed by atoms with van der Waals surface area (Å²) in [4.78, 5) is 17.5. The van der Waals surface area contributed by atoms with Crippen molar-refractivity contribution in [2.75, 3.05) is 30.9 Å². The maximum atomic E-state index is 11.8. The second-order valence-corrected chi connectivity index (χ2v) is 6.31. The molecule has 0 saturated heterocycles. The van der Waals surface area contributed by atoms with Crippen molar-refractivity contribution in [1.29, 1.82) is 0 Å². The van der Waals surface area contributed by atoms with Crippen molar-refractivity contribution in [3.05, 3.63) is 18.3 Å². The first-order valence-corrected chi connectivity index (χ1v) is 8.35. The van der Waals surface area contributed by atoms with Gasteiger partial charge in [0.2, 0.25) is 0 Å². The third-order valence-corrected chi connectivity index (χ3v) is 3.69. The molecule has 0 aliphatic carbocycles. The van der Waals surface area contributed by atoms with Gasteiger partial charge in [-0.1, -0.05) is 6.92 Å². The highest BCUT2D eigenvalue weighted by Gasteiger charge is 2.21. The molecule has 0 saturated carbocycles. The number of sulfone groups is 1. The van der Waals surface area contributed by atoms with E-state index in [1.807, 2.05) is 6.92 Å². The van der Waals surface area contributed by atoms with Crippen LogP contribution < -0.4 is 4.90 Å². The van der Waals surface area contributed by atoms with Gasteiger partial charge < -0.3 is 9.64 Å². The molecule has 1 aromatic heterocycles. The molecule has 1 aromatic rings. The molecule has 0 aliphatic rings. The molecule has 112 valence electrons. The summed E-state index contributed by atoms with van der Waals surface area (Å²) in [6.45, 7) is 4.48. The number of carbonyl (C=O) groups excluding carboxylic acids is 1. The summed E-state index contributed by atoms with van der Waals surface area (Å²) in [5.74, 6) is -0.101. The Labute approximate surface area is 119 Å². The molecule has 0 aliphatic heterocycles. The predicted molar refractivity (Wildman–Crippen MR) is 76.5 cm³/mol. The van der Waals surface area contributed by atoms with Crippen LogP contribution in [-0.4, -0.2) is 45.3 Å². The van der Waals surface area contributed by atoms with Gasteiger partial charge in [0.25, 0.3) is 0 Å². The van der Waals surface area contributed by atoms with E-state index in [4.69, 9.17) is 4.74 Å². The Hall–Kier alpha value is -1.63. The Bertz CT molecular complexity index is 557. The van der Waals surface area contributed by atoms with E-state index in [9.17, 15) is 13.2 Å². The van der Waals surface area contributed by atoms with Gasteiger partial charge in [-0.2, -0.15) is 0 Å². The molecule has 1 heterocycles. The van der Waals surface area contributed by atoms with E-state index in [0.29, 0.717) is 19.0 Å². The third-order valence-electron chi connectivity index (χ3n) is 2.57. The minimum atomic E-state index is -3.40. The van der Waals surface area contributed by atoms with Crippen LogP contribution in [0.25, 0.3) is 0 Å². The molecule has 0 amide bonds. The van der Waals surface area contributed by atoms with Crippen molar-refractivity contribution in [3.8, 4) is 0 Å². The number of pyridine rings is 1. The first-order chi connectivity index (χ1) is 9.40. The van der Waals surface area contributed by atoms with Gasteiger partial charge in [-0.3, -0.25) is 4.79 Å². The number of nitrogens with zero attached hydrogens (tertiary/aromatic N) is 2. The molecule has 0 bridgehead atoms. The fraction of sp³-hybridized carbons (Fsp3) is 0.538. The molecule has 1 rings (SSSR count). The average Bonchev–Trinajstić information content (AvgIpc) is 2.37. The fourth-order valence-electron chi connectivity index (χ4n) is 1.80. The van der Waals surface area contributed by atoms with Crippen LogP contribution >= 0.6 is 0 Å². The van der Waals surface area contributed by atoms with Gasteiger partial charge in [0, 0.05) is 19.0 Å². The SMILES string of the molecule is CCCN(CC(=O)OCC)c1ncccc1S(C)(=O)=O. The van der Waals surface area contributed by atoms with Gasteiger partial charge in [0.05, 0.1) is 6.61 Å². The van der Waals surface area contributed by atoms with Crippen LogP contribution in [0, 0.1) is 0 Å². The Morgan fingerprint density at radius 2 is 2.10 bits per heavy atom. The lowest BCUT2D eigenvalue weighted by Gasteiger charge is -2.23. The number of hydrogen-bond acceptors (Lipinski definition) is 6. The summed E-state index contributed by atoms with van der Waals surface area (Å²) in [5, 5.41) is 0. The summed E-state index contributed by atoms with van der Waals surface area (Å²) in [7, 11) is -3.40. The molecule has 0 N–H and O–H groups in total. The lowest BCUT2D eigenvalue weighted by molar-refractivity contribution is -0.141. The summed E-state index contributed by atoms with van der Waals surface area (Å²) < 4.78 is 28.5. The molecule has 0 spiro atoms. The van der Waals surface area contributed by atoms with Crippen LogP contribution in [-0.2, 0) is 19.4 Å². The van der Waals surface area contributed by atoms with E-state index in [1.165, 1.54) is 12.3 Å². The molecule has 7 heteroatoms. The Kier molecular flexibility index (Phi) is 5.94. The fourth-order valence-corrected chi connectivity index (χ4v) is 2.64. The number of anilines is 1. The second-order valence-electron chi connectivity index (χ2n) is 4.32. The highest BCUT2D eigenvalue weighted by atomic mass is 32.2. The van der Waals surface area contributed by atoms with Crippen molar-refractivity contribution in [1.82, 2.24) is 4.98 Å². The lowest BCUT2D eigenvalue weighted by atomic mass is 10.3. The quantitative estimate of drug-likeness (QED) is 0.706. The summed E-state index contributed by atoms with van der Waals surface area (Å²) in [5.41, 5.74) is 0. The first-order valence-electron chi connectivity index (χ1n) is 6.45. The molecule has 0 unspecified atom stereocenters. The standard InChI is InChI=1S/C13H20N2O4S/c1-4-9-15(10-12(16)19-5-2)13-11(20(3,17)18)7-6-8-14-13/h6-8H,4-5,9-10H2,1-3H3. The number of rotatable bonds is 7. The van der Waals surface area contributed by atoms with Gasteiger partial charge in [-0.15, -0.1) is 0 Å². The van der Waals surface area contributed by atoms with Gasteiger partial charge in [0.1, 0.15) is 17.3 Å². The van der Waals surface area contributed by atoms with Crippen LogP contribution in [0.4, 0.5) is 5.82 Å². The van der Waals surface area contributed by atoms with Gasteiger partial charge in [0.15, 0.2) is 9.84 Å². The van der Waals surface area contributed by atoms with E-state index in [2.05, 4.69) is 4.98 Å². The Morgan fingerprint density at radius 1 is 1.40 bits per heavy atom. The minimum absolute atomic E-state index is 0.0127. The maximum Gasteiger partial charge on any atom is 0.325 e. The summed E-state index contributed by atoms with van der Waals surface area (Å²) in [6, 6.07) is 3.06. The number of aromatic nitrogens is 1. The summed E-state index contributed by atoms with van der Waals surface area (Å²) >= 11 is 0. The van der Waals surface area contributed by atoms with Crippen LogP contribution in [0.15, 0.2) is 23.2 Å². The van der Waals surface area contributed by atoms with E-state index in [1.54, 1.807) is 17.9 Å². The Morgan fingerprint density at radius 3 is 2.65 bits per heavy atom. The third kappa shape index (κ3) is 4.48. The van der Waals surface area contributed by atoms with E-state index < -0.39 is 15.8 Å². The van der Waals surface area contributed by atoms with Crippen molar-refractivity contribution in [3.63, 3.8) is 0 Å². The number of carbonyl (C=O) groups is 1. The van der Waals surface area contributed by atoms with Crippen LogP contribution in [0.1, 0.15) is 20.3 Å². The zero-order chi connectivity index (χ0) is 15.2. The number of ether oxygens (including phenoxy) is 1. The topological polar surface area (TPSA) is 76.6 Å². The van der Waals surface area contributed by atoms with Crippen LogP contribution in [0.2, 0.25) is 0 Å². The first kappa shape index (κ1) is 16.4. The van der Waals surface area contributed by atoms with Crippen LogP contribution in [0.3, 0.4) is 0 Å². The van der Waals surface area contributed by atoms with Crippen LogP contribution in [0.5, 0.6) is 0 Å². The van der Waals surface area contributed by atoms with E-state index in [-0.39, 0.29) is 11.4 Å². The molecule has 0 atom stereocenters. The number of esters is 1. The van der Waals surface area contributed by atoms with Crippen molar-refractivity contribution in [2.24, 2.45) is 0 Å². The highest BCUT2D eigenvalue weighted by Crippen LogP contribution is 2.22. The van der Waals surface area contributed by atoms with E-state index in [0.717, 1.165) is 12.7 Å². The van der Waals surface area contributed by atoms with Crippen molar-refractivity contribution >= 4 is 21.6 Å². The smallest absolute Gasteiger partial charge is 0.325 e. The van der Waals surface area contributed by atoms with Gasteiger partial charge in [-0.05, 0) is 25.5 Å². The minimum Gasteiger partial charge on any atom is -0.465 e. The average molecular weight is 300 g/mol. The van der Waals surface area contributed by atoms with Gasteiger partial charge >= 0.3 is 5.97 Å². The Balaban J connectivity index is 3.12. The molecule has 0 radical (unpaired) electrons. The van der Waals surface area contributed by atoms with Crippen molar-refractivity contribution in [2.45, 2.75) is 25.2 Å². The predicted octanol–water partition coefficient (Wildman–Crippen LogP) is 1.26. The largest absolute Gasteiger partial charge is 0.465 e. The monoisotopic (exact) mass is 300 g/mol. The molecule has 0 aromatic carbocycles. The normalized spacial score (nSPS) is 11.2. The molecule has 6 nitrogen and oxygen atoms in total. The molecule has 20 heavy (non-hydrogen) atoms.